The lowest BCUT2D eigenvalue weighted by Gasteiger charge is -2.01. The standard InChI is InChI=1S/C19H16FN5S/c20-15-6-8-17(9-7-15)25-11-10-16(24-25)13-21-19-23-22-18(26-19)12-14-4-2-1-3-5-14/h1-11H,12-13H2,(H,21,23). The lowest BCUT2D eigenvalue weighted by molar-refractivity contribution is 0.627. The largest absolute Gasteiger partial charge is 0.354 e. The molecule has 2 aromatic heterocycles. The molecule has 0 radical (unpaired) electrons. The van der Waals surface area contributed by atoms with Crippen molar-refractivity contribution in [2.24, 2.45) is 0 Å². The zero-order chi connectivity index (χ0) is 17.8. The molecule has 4 aromatic rings. The van der Waals surface area contributed by atoms with Gasteiger partial charge in [0.2, 0.25) is 5.13 Å². The van der Waals surface area contributed by atoms with Gasteiger partial charge >= 0.3 is 0 Å². The molecule has 4 rings (SSSR count). The van der Waals surface area contributed by atoms with Crippen LogP contribution in [0.25, 0.3) is 5.69 Å². The lowest BCUT2D eigenvalue weighted by Crippen LogP contribution is -2.01. The Morgan fingerprint density at radius 1 is 0.962 bits per heavy atom. The van der Waals surface area contributed by atoms with E-state index in [-0.39, 0.29) is 5.82 Å². The van der Waals surface area contributed by atoms with Gasteiger partial charge in [-0.15, -0.1) is 10.2 Å². The first-order valence-electron chi connectivity index (χ1n) is 8.17. The van der Waals surface area contributed by atoms with Crippen molar-refractivity contribution >= 4 is 16.5 Å². The molecule has 130 valence electrons. The second-order valence-corrected chi connectivity index (χ2v) is 6.81. The first-order valence-corrected chi connectivity index (χ1v) is 8.98. The number of anilines is 1. The number of aromatic nitrogens is 4. The smallest absolute Gasteiger partial charge is 0.206 e. The normalized spacial score (nSPS) is 10.8. The topological polar surface area (TPSA) is 55.6 Å². The van der Waals surface area contributed by atoms with Crippen LogP contribution in [0.2, 0.25) is 0 Å². The summed E-state index contributed by atoms with van der Waals surface area (Å²) >= 11 is 1.54. The van der Waals surface area contributed by atoms with Gasteiger partial charge in [-0.05, 0) is 35.9 Å². The minimum absolute atomic E-state index is 0.259. The van der Waals surface area contributed by atoms with Gasteiger partial charge in [-0.2, -0.15) is 5.10 Å². The van der Waals surface area contributed by atoms with E-state index in [0.717, 1.165) is 27.9 Å². The Hall–Kier alpha value is -3.06. The van der Waals surface area contributed by atoms with Crippen LogP contribution in [0.15, 0.2) is 66.9 Å². The van der Waals surface area contributed by atoms with E-state index in [1.54, 1.807) is 28.2 Å². The van der Waals surface area contributed by atoms with Crippen molar-refractivity contribution in [2.45, 2.75) is 13.0 Å². The van der Waals surface area contributed by atoms with Crippen molar-refractivity contribution in [3.8, 4) is 5.69 Å². The van der Waals surface area contributed by atoms with Crippen LogP contribution >= 0.6 is 11.3 Å². The van der Waals surface area contributed by atoms with E-state index in [0.29, 0.717) is 6.54 Å². The van der Waals surface area contributed by atoms with E-state index in [9.17, 15) is 4.39 Å². The molecular weight excluding hydrogens is 349 g/mol. The molecule has 7 heteroatoms. The number of nitrogens with one attached hydrogen (secondary N) is 1. The number of rotatable bonds is 6. The Morgan fingerprint density at radius 2 is 1.77 bits per heavy atom. The van der Waals surface area contributed by atoms with Gasteiger partial charge in [0.05, 0.1) is 17.9 Å². The molecule has 0 aliphatic heterocycles. The minimum atomic E-state index is -0.259. The Balaban J connectivity index is 1.37. The summed E-state index contributed by atoms with van der Waals surface area (Å²) in [5.74, 6) is -0.259. The summed E-state index contributed by atoms with van der Waals surface area (Å²) in [6.45, 7) is 0.550. The highest BCUT2D eigenvalue weighted by Gasteiger charge is 2.06. The second-order valence-electron chi connectivity index (χ2n) is 5.74. The molecule has 0 saturated carbocycles. The van der Waals surface area contributed by atoms with Crippen LogP contribution in [0.1, 0.15) is 16.3 Å². The van der Waals surface area contributed by atoms with Crippen LogP contribution in [0.4, 0.5) is 9.52 Å². The highest BCUT2D eigenvalue weighted by atomic mass is 32.1. The predicted molar refractivity (Wildman–Crippen MR) is 100 cm³/mol. The van der Waals surface area contributed by atoms with Gasteiger partial charge in [-0.3, -0.25) is 0 Å². The van der Waals surface area contributed by atoms with Crippen LogP contribution in [0, 0.1) is 5.82 Å². The number of hydrogen-bond acceptors (Lipinski definition) is 5. The van der Waals surface area contributed by atoms with Crippen LogP contribution in [-0.4, -0.2) is 20.0 Å². The average Bonchev–Trinajstić information content (AvgIpc) is 3.31. The summed E-state index contributed by atoms with van der Waals surface area (Å²) < 4.78 is 14.7. The Morgan fingerprint density at radius 3 is 2.58 bits per heavy atom. The van der Waals surface area contributed by atoms with Crippen LogP contribution in [0.5, 0.6) is 0 Å². The van der Waals surface area contributed by atoms with Gasteiger partial charge in [-0.1, -0.05) is 41.7 Å². The van der Waals surface area contributed by atoms with Crippen molar-refractivity contribution in [3.05, 3.63) is 88.9 Å². The molecule has 2 heterocycles. The maximum absolute atomic E-state index is 13.0. The number of hydrogen-bond donors (Lipinski definition) is 1. The Kier molecular flexibility index (Phi) is 4.70. The highest BCUT2D eigenvalue weighted by molar-refractivity contribution is 7.15. The maximum Gasteiger partial charge on any atom is 0.206 e. The molecule has 0 fully saturated rings. The monoisotopic (exact) mass is 365 g/mol. The van der Waals surface area contributed by atoms with E-state index in [1.165, 1.54) is 17.7 Å². The fourth-order valence-electron chi connectivity index (χ4n) is 2.53. The van der Waals surface area contributed by atoms with Crippen LogP contribution < -0.4 is 5.32 Å². The van der Waals surface area contributed by atoms with Crippen LogP contribution in [0.3, 0.4) is 0 Å². The quantitative estimate of drug-likeness (QED) is 0.560. The fourth-order valence-corrected chi connectivity index (χ4v) is 3.30. The molecule has 26 heavy (non-hydrogen) atoms. The summed E-state index contributed by atoms with van der Waals surface area (Å²) in [6, 6.07) is 18.4. The molecule has 0 saturated heterocycles. The van der Waals surface area contributed by atoms with E-state index in [4.69, 9.17) is 0 Å². The molecule has 2 aromatic carbocycles. The molecule has 0 aliphatic rings. The van der Waals surface area contributed by atoms with E-state index in [1.807, 2.05) is 30.5 Å². The molecule has 1 N–H and O–H groups in total. The van der Waals surface area contributed by atoms with Gasteiger partial charge in [0.1, 0.15) is 10.8 Å². The number of nitrogens with zero attached hydrogens (tertiary/aromatic N) is 4. The van der Waals surface area contributed by atoms with Gasteiger partial charge < -0.3 is 5.32 Å². The molecular formula is C19H16FN5S. The summed E-state index contributed by atoms with van der Waals surface area (Å²) in [5, 5.41) is 17.9. The van der Waals surface area contributed by atoms with Crippen molar-refractivity contribution in [3.63, 3.8) is 0 Å². The van der Waals surface area contributed by atoms with E-state index < -0.39 is 0 Å². The second kappa shape index (κ2) is 7.45. The molecule has 0 aliphatic carbocycles. The van der Waals surface area contributed by atoms with Gasteiger partial charge in [0, 0.05) is 12.6 Å². The van der Waals surface area contributed by atoms with E-state index >= 15 is 0 Å². The summed E-state index contributed by atoms with van der Waals surface area (Å²) in [6.07, 6.45) is 2.63. The predicted octanol–water partition coefficient (Wildman–Crippen LogP) is 4.07. The summed E-state index contributed by atoms with van der Waals surface area (Å²) in [4.78, 5) is 0. The first-order chi connectivity index (χ1) is 12.8. The third-order valence-corrected chi connectivity index (χ3v) is 4.70. The first kappa shape index (κ1) is 16.4. The van der Waals surface area contributed by atoms with Crippen molar-refractivity contribution in [2.75, 3.05) is 5.32 Å². The van der Waals surface area contributed by atoms with Crippen LogP contribution in [-0.2, 0) is 13.0 Å². The molecule has 0 amide bonds. The van der Waals surface area contributed by atoms with Crippen molar-refractivity contribution < 1.29 is 4.39 Å². The SMILES string of the molecule is Fc1ccc(-n2ccc(CNc3nnc(Cc4ccccc4)s3)n2)cc1. The zero-order valence-corrected chi connectivity index (χ0v) is 14.7. The molecule has 0 spiro atoms. The molecule has 0 atom stereocenters. The number of benzene rings is 2. The Labute approximate surface area is 154 Å². The van der Waals surface area contributed by atoms with E-state index in [2.05, 4.69) is 32.7 Å². The molecule has 0 unspecified atom stereocenters. The van der Waals surface area contributed by atoms with Gasteiger partial charge in [0.15, 0.2) is 0 Å². The summed E-state index contributed by atoms with van der Waals surface area (Å²) in [5.41, 5.74) is 2.90. The van der Waals surface area contributed by atoms with Crippen molar-refractivity contribution in [1.29, 1.82) is 0 Å². The third-order valence-electron chi connectivity index (χ3n) is 3.82. The van der Waals surface area contributed by atoms with Gasteiger partial charge in [-0.25, -0.2) is 9.07 Å². The van der Waals surface area contributed by atoms with Crippen molar-refractivity contribution in [1.82, 2.24) is 20.0 Å². The molecule has 0 bridgehead atoms. The Bertz CT molecular complexity index is 979. The average molecular weight is 365 g/mol. The zero-order valence-electron chi connectivity index (χ0n) is 13.8. The fraction of sp³-hybridized carbons (Fsp3) is 0.105. The summed E-state index contributed by atoms with van der Waals surface area (Å²) in [7, 11) is 0. The molecule has 5 nitrogen and oxygen atoms in total. The third kappa shape index (κ3) is 3.94. The lowest BCUT2D eigenvalue weighted by atomic mass is 10.2. The maximum atomic E-state index is 13.0. The highest BCUT2D eigenvalue weighted by Crippen LogP contribution is 2.19. The van der Waals surface area contributed by atoms with Gasteiger partial charge in [0.25, 0.3) is 0 Å². The number of halogens is 1. The minimum Gasteiger partial charge on any atom is -0.354 e.